The third-order valence-corrected chi connectivity index (χ3v) is 7.70. The maximum atomic E-state index is 13.5. The van der Waals surface area contributed by atoms with Crippen LogP contribution in [0.4, 0.5) is 5.13 Å². The van der Waals surface area contributed by atoms with Crippen LogP contribution in [-0.2, 0) is 21.9 Å². The fraction of sp³-hybridized carbons (Fsp3) is 0.0800. The number of hydrogen-bond acceptors (Lipinski definition) is 6. The summed E-state index contributed by atoms with van der Waals surface area (Å²) >= 11 is 1.27. The SMILES string of the molecule is Cn1ncc2cccc(S(=O)(=O)NC(C(=O)Nc3nc(-c4ccccc4)cs3)c3ccccc3)c21. The van der Waals surface area contributed by atoms with Crippen molar-refractivity contribution in [2.75, 3.05) is 5.32 Å². The van der Waals surface area contributed by atoms with Crippen LogP contribution in [0.15, 0.2) is 95.3 Å². The average Bonchev–Trinajstić information content (AvgIpc) is 3.50. The fourth-order valence-corrected chi connectivity index (χ4v) is 5.97. The number of nitrogens with zero attached hydrogens (tertiary/aromatic N) is 3. The van der Waals surface area contributed by atoms with E-state index in [9.17, 15) is 13.2 Å². The number of anilines is 1. The molecule has 2 heterocycles. The van der Waals surface area contributed by atoms with Crippen LogP contribution in [0, 0.1) is 0 Å². The number of benzene rings is 3. The first kappa shape index (κ1) is 22.9. The van der Waals surface area contributed by atoms with E-state index in [0.29, 0.717) is 21.6 Å². The van der Waals surface area contributed by atoms with Crippen LogP contribution in [0.5, 0.6) is 0 Å². The standard InChI is InChI=1S/C25H21N5O3S2/c1-30-23-19(15-26-30)13-8-14-21(23)35(32,33)29-22(18-11-6-3-7-12-18)24(31)28-25-27-20(16-34-25)17-9-4-2-5-10-17/h2-16,22,29H,1H3,(H,27,28,31). The first-order valence-corrected chi connectivity index (χ1v) is 13.1. The first-order chi connectivity index (χ1) is 16.9. The van der Waals surface area contributed by atoms with Crippen LogP contribution >= 0.6 is 11.3 Å². The summed E-state index contributed by atoms with van der Waals surface area (Å²) in [7, 11) is -2.41. The Morgan fingerprint density at radius 3 is 2.43 bits per heavy atom. The lowest BCUT2D eigenvalue weighted by Crippen LogP contribution is -2.37. The van der Waals surface area contributed by atoms with Gasteiger partial charge in [-0.2, -0.15) is 9.82 Å². The molecular formula is C25H21N5O3S2. The Morgan fingerprint density at radius 1 is 0.971 bits per heavy atom. The largest absolute Gasteiger partial charge is 0.300 e. The van der Waals surface area contributed by atoms with Crippen molar-refractivity contribution in [3.8, 4) is 11.3 Å². The molecule has 0 aliphatic heterocycles. The second kappa shape index (κ2) is 9.41. The topological polar surface area (TPSA) is 106 Å². The van der Waals surface area contributed by atoms with E-state index in [4.69, 9.17) is 0 Å². The molecule has 2 aromatic heterocycles. The van der Waals surface area contributed by atoms with Crippen molar-refractivity contribution in [1.29, 1.82) is 0 Å². The number of para-hydroxylation sites is 1. The molecule has 3 aromatic carbocycles. The Labute approximate surface area is 206 Å². The molecule has 8 nitrogen and oxygen atoms in total. The molecule has 176 valence electrons. The van der Waals surface area contributed by atoms with Gasteiger partial charge in [0.15, 0.2) is 5.13 Å². The Balaban J connectivity index is 1.46. The number of nitrogens with one attached hydrogen (secondary N) is 2. The number of aryl methyl sites for hydroxylation is 1. The number of carbonyl (C=O) groups is 1. The maximum absolute atomic E-state index is 13.5. The highest BCUT2D eigenvalue weighted by Gasteiger charge is 2.29. The van der Waals surface area contributed by atoms with Gasteiger partial charge in [-0.15, -0.1) is 11.3 Å². The van der Waals surface area contributed by atoms with Crippen LogP contribution in [-0.4, -0.2) is 29.1 Å². The normalized spacial score (nSPS) is 12.5. The van der Waals surface area contributed by atoms with E-state index in [0.717, 1.165) is 11.3 Å². The van der Waals surface area contributed by atoms with E-state index >= 15 is 0 Å². The smallest absolute Gasteiger partial charge is 0.248 e. The van der Waals surface area contributed by atoms with E-state index in [1.807, 2.05) is 35.7 Å². The van der Waals surface area contributed by atoms with E-state index in [1.165, 1.54) is 22.1 Å². The molecule has 1 unspecified atom stereocenters. The van der Waals surface area contributed by atoms with Crippen LogP contribution in [0.3, 0.4) is 0 Å². The minimum absolute atomic E-state index is 0.0457. The second-order valence-electron chi connectivity index (χ2n) is 7.82. The number of rotatable bonds is 7. The zero-order chi connectivity index (χ0) is 24.4. The van der Waals surface area contributed by atoms with Gasteiger partial charge in [0.2, 0.25) is 15.9 Å². The zero-order valence-corrected chi connectivity index (χ0v) is 20.3. The van der Waals surface area contributed by atoms with Crippen molar-refractivity contribution >= 4 is 43.3 Å². The molecule has 35 heavy (non-hydrogen) atoms. The second-order valence-corrected chi connectivity index (χ2v) is 10.4. The molecule has 5 aromatic rings. The van der Waals surface area contributed by atoms with Crippen molar-refractivity contribution < 1.29 is 13.2 Å². The molecule has 5 rings (SSSR count). The minimum atomic E-state index is -4.09. The van der Waals surface area contributed by atoms with E-state index in [1.54, 1.807) is 55.7 Å². The number of fused-ring (bicyclic) bond motifs is 1. The quantitative estimate of drug-likeness (QED) is 0.343. The third kappa shape index (κ3) is 4.72. The van der Waals surface area contributed by atoms with Gasteiger partial charge < -0.3 is 5.32 Å². The van der Waals surface area contributed by atoms with Crippen molar-refractivity contribution in [2.45, 2.75) is 10.9 Å². The number of aromatic nitrogens is 3. The third-order valence-electron chi connectivity index (χ3n) is 5.49. The monoisotopic (exact) mass is 503 g/mol. The number of amides is 1. The molecule has 0 bridgehead atoms. The predicted octanol–water partition coefficient (Wildman–Crippen LogP) is 4.36. The maximum Gasteiger partial charge on any atom is 0.248 e. The number of hydrogen-bond donors (Lipinski definition) is 2. The highest BCUT2D eigenvalue weighted by atomic mass is 32.2. The number of thiazole rings is 1. The molecule has 1 amide bonds. The van der Waals surface area contributed by atoms with Crippen molar-refractivity contribution in [3.63, 3.8) is 0 Å². The van der Waals surface area contributed by atoms with Gasteiger partial charge in [0.1, 0.15) is 10.9 Å². The molecular weight excluding hydrogens is 482 g/mol. The lowest BCUT2D eigenvalue weighted by molar-refractivity contribution is -0.117. The molecule has 10 heteroatoms. The van der Waals surface area contributed by atoms with Crippen LogP contribution in [0.25, 0.3) is 22.2 Å². The van der Waals surface area contributed by atoms with Gasteiger partial charge in [-0.05, 0) is 11.6 Å². The molecule has 0 saturated carbocycles. The predicted molar refractivity (Wildman–Crippen MR) is 136 cm³/mol. The van der Waals surface area contributed by atoms with Crippen molar-refractivity contribution in [2.24, 2.45) is 7.05 Å². The van der Waals surface area contributed by atoms with Gasteiger partial charge in [0, 0.05) is 23.4 Å². The summed E-state index contributed by atoms with van der Waals surface area (Å²) in [6.45, 7) is 0. The van der Waals surface area contributed by atoms with Crippen molar-refractivity contribution in [1.82, 2.24) is 19.5 Å². The average molecular weight is 504 g/mol. The summed E-state index contributed by atoms with van der Waals surface area (Å²) in [6.07, 6.45) is 1.60. The summed E-state index contributed by atoms with van der Waals surface area (Å²) in [5.41, 5.74) is 2.62. The van der Waals surface area contributed by atoms with Gasteiger partial charge in [-0.3, -0.25) is 9.48 Å². The molecule has 2 N–H and O–H groups in total. The van der Waals surface area contributed by atoms with Gasteiger partial charge in [-0.1, -0.05) is 72.8 Å². The summed E-state index contributed by atoms with van der Waals surface area (Å²) in [5, 5.41) is 9.84. The van der Waals surface area contributed by atoms with Gasteiger partial charge in [-0.25, -0.2) is 13.4 Å². The van der Waals surface area contributed by atoms with Crippen LogP contribution in [0.1, 0.15) is 11.6 Å². The highest BCUT2D eigenvalue weighted by Crippen LogP contribution is 2.27. The fourth-order valence-electron chi connectivity index (χ4n) is 3.80. The Kier molecular flexibility index (Phi) is 6.16. The summed E-state index contributed by atoms with van der Waals surface area (Å²) < 4.78 is 31.1. The molecule has 0 spiro atoms. The highest BCUT2D eigenvalue weighted by molar-refractivity contribution is 7.89. The van der Waals surface area contributed by atoms with Gasteiger partial charge in [0.05, 0.1) is 17.4 Å². The number of sulfonamides is 1. The molecule has 0 radical (unpaired) electrons. The Morgan fingerprint density at radius 2 is 1.69 bits per heavy atom. The van der Waals surface area contributed by atoms with E-state index in [2.05, 4.69) is 20.1 Å². The Bertz CT molecular complexity index is 1600. The lowest BCUT2D eigenvalue weighted by Gasteiger charge is -2.19. The molecule has 0 saturated heterocycles. The first-order valence-electron chi connectivity index (χ1n) is 10.7. The van der Waals surface area contributed by atoms with Crippen LogP contribution in [0.2, 0.25) is 0 Å². The van der Waals surface area contributed by atoms with E-state index < -0.39 is 22.0 Å². The number of carbonyl (C=O) groups excluding carboxylic acids is 1. The van der Waals surface area contributed by atoms with Crippen LogP contribution < -0.4 is 10.0 Å². The molecule has 0 fully saturated rings. The Hall–Kier alpha value is -3.86. The summed E-state index contributed by atoms with van der Waals surface area (Å²) in [5.74, 6) is -0.536. The lowest BCUT2D eigenvalue weighted by atomic mass is 10.1. The van der Waals surface area contributed by atoms with E-state index in [-0.39, 0.29) is 4.90 Å². The summed E-state index contributed by atoms with van der Waals surface area (Å²) in [4.78, 5) is 17.9. The molecule has 0 aliphatic rings. The van der Waals surface area contributed by atoms with Crippen molar-refractivity contribution in [3.05, 3.63) is 96.0 Å². The minimum Gasteiger partial charge on any atom is -0.300 e. The molecule has 0 aliphatic carbocycles. The molecule has 1 atom stereocenters. The van der Waals surface area contributed by atoms with Gasteiger partial charge >= 0.3 is 0 Å². The summed E-state index contributed by atoms with van der Waals surface area (Å²) in [6, 6.07) is 22.1. The van der Waals surface area contributed by atoms with Gasteiger partial charge in [0.25, 0.3) is 0 Å². The zero-order valence-electron chi connectivity index (χ0n) is 18.6.